The van der Waals surface area contributed by atoms with Crippen LogP contribution in [0.15, 0.2) is 41.2 Å². The first-order valence-corrected chi connectivity index (χ1v) is 6.87. The SMILES string of the molecule is Cc1cc(Nc2ccccc2)nc2nn(C(C)C)c(=O)n12. The quantitative estimate of drug-likeness (QED) is 0.802. The van der Waals surface area contributed by atoms with Crippen molar-refractivity contribution < 1.29 is 0 Å². The second-order valence-electron chi connectivity index (χ2n) is 5.23. The van der Waals surface area contributed by atoms with Gasteiger partial charge in [0.2, 0.25) is 0 Å². The number of aromatic nitrogens is 4. The van der Waals surface area contributed by atoms with E-state index in [1.54, 1.807) is 0 Å². The Hall–Kier alpha value is -2.63. The van der Waals surface area contributed by atoms with Gasteiger partial charge < -0.3 is 5.32 Å². The second kappa shape index (κ2) is 5.05. The van der Waals surface area contributed by atoms with Crippen molar-refractivity contribution in [3.63, 3.8) is 0 Å². The van der Waals surface area contributed by atoms with Crippen molar-refractivity contribution in [2.75, 3.05) is 5.32 Å². The minimum absolute atomic E-state index is 0.00383. The molecule has 0 saturated carbocycles. The molecule has 2 aromatic heterocycles. The average Bonchev–Trinajstić information content (AvgIpc) is 2.77. The van der Waals surface area contributed by atoms with Crippen molar-refractivity contribution in [2.45, 2.75) is 26.8 Å². The van der Waals surface area contributed by atoms with Crippen molar-refractivity contribution in [3.05, 3.63) is 52.6 Å². The van der Waals surface area contributed by atoms with Gasteiger partial charge in [0, 0.05) is 17.4 Å². The van der Waals surface area contributed by atoms with Gasteiger partial charge in [-0.2, -0.15) is 4.98 Å². The Labute approximate surface area is 122 Å². The Kier molecular flexibility index (Phi) is 3.21. The van der Waals surface area contributed by atoms with Gasteiger partial charge in [0.25, 0.3) is 5.78 Å². The highest BCUT2D eigenvalue weighted by molar-refractivity contribution is 5.57. The summed E-state index contributed by atoms with van der Waals surface area (Å²) >= 11 is 0. The topological polar surface area (TPSA) is 64.2 Å². The molecule has 6 nitrogen and oxygen atoms in total. The molecule has 0 aliphatic heterocycles. The van der Waals surface area contributed by atoms with Crippen LogP contribution in [0.4, 0.5) is 11.5 Å². The van der Waals surface area contributed by atoms with Crippen LogP contribution < -0.4 is 11.0 Å². The molecule has 0 aliphatic rings. The molecule has 0 saturated heterocycles. The summed E-state index contributed by atoms with van der Waals surface area (Å²) in [6.45, 7) is 5.72. The van der Waals surface area contributed by atoms with E-state index in [2.05, 4.69) is 15.4 Å². The van der Waals surface area contributed by atoms with E-state index in [1.807, 2.05) is 57.2 Å². The predicted octanol–water partition coefficient (Wildman–Crippen LogP) is 2.52. The zero-order valence-electron chi connectivity index (χ0n) is 12.2. The molecule has 2 heterocycles. The van der Waals surface area contributed by atoms with Crippen LogP contribution in [-0.2, 0) is 0 Å². The number of aryl methyl sites for hydroxylation is 1. The highest BCUT2D eigenvalue weighted by Crippen LogP contribution is 2.15. The molecule has 0 amide bonds. The maximum atomic E-state index is 12.3. The number of benzene rings is 1. The van der Waals surface area contributed by atoms with Gasteiger partial charge >= 0.3 is 5.69 Å². The number of fused-ring (bicyclic) bond motifs is 1. The number of anilines is 2. The monoisotopic (exact) mass is 283 g/mol. The van der Waals surface area contributed by atoms with Crippen LogP contribution in [-0.4, -0.2) is 19.2 Å². The minimum atomic E-state index is -0.156. The van der Waals surface area contributed by atoms with Crippen LogP contribution in [0.5, 0.6) is 0 Å². The number of para-hydroxylation sites is 1. The molecule has 3 aromatic rings. The minimum Gasteiger partial charge on any atom is -0.340 e. The van der Waals surface area contributed by atoms with E-state index < -0.39 is 0 Å². The van der Waals surface area contributed by atoms with Gasteiger partial charge in [0.05, 0.1) is 6.04 Å². The van der Waals surface area contributed by atoms with Crippen molar-refractivity contribution in [1.82, 2.24) is 19.2 Å². The zero-order chi connectivity index (χ0) is 15.0. The summed E-state index contributed by atoms with van der Waals surface area (Å²) in [5.41, 5.74) is 1.59. The summed E-state index contributed by atoms with van der Waals surface area (Å²) in [6, 6.07) is 11.6. The Bertz CT molecular complexity index is 832. The van der Waals surface area contributed by atoms with E-state index in [9.17, 15) is 4.79 Å². The molecular weight excluding hydrogens is 266 g/mol. The summed E-state index contributed by atoms with van der Waals surface area (Å²) < 4.78 is 2.97. The summed E-state index contributed by atoms with van der Waals surface area (Å²) in [4.78, 5) is 16.7. The van der Waals surface area contributed by atoms with Crippen molar-refractivity contribution >= 4 is 17.3 Å². The normalized spacial score (nSPS) is 11.2. The Morgan fingerprint density at radius 2 is 1.90 bits per heavy atom. The van der Waals surface area contributed by atoms with Crippen LogP contribution >= 0.6 is 0 Å². The fraction of sp³-hybridized carbons (Fsp3) is 0.267. The molecule has 1 aromatic carbocycles. The maximum absolute atomic E-state index is 12.3. The van der Waals surface area contributed by atoms with Crippen LogP contribution in [0.25, 0.3) is 5.78 Å². The van der Waals surface area contributed by atoms with Crippen molar-refractivity contribution in [1.29, 1.82) is 0 Å². The number of nitrogens with zero attached hydrogens (tertiary/aromatic N) is 4. The third kappa shape index (κ3) is 2.40. The summed E-state index contributed by atoms with van der Waals surface area (Å²) in [7, 11) is 0. The molecule has 108 valence electrons. The first-order chi connectivity index (χ1) is 10.1. The van der Waals surface area contributed by atoms with Crippen molar-refractivity contribution in [3.8, 4) is 0 Å². The fourth-order valence-electron chi connectivity index (χ4n) is 2.22. The molecule has 0 fully saturated rings. The van der Waals surface area contributed by atoms with Gasteiger partial charge in [-0.3, -0.25) is 0 Å². The van der Waals surface area contributed by atoms with Crippen LogP contribution in [0.1, 0.15) is 25.6 Å². The number of hydrogen-bond donors (Lipinski definition) is 1. The van der Waals surface area contributed by atoms with E-state index in [-0.39, 0.29) is 11.7 Å². The van der Waals surface area contributed by atoms with Crippen molar-refractivity contribution in [2.24, 2.45) is 0 Å². The smallest absolute Gasteiger partial charge is 0.340 e. The van der Waals surface area contributed by atoms with Crippen LogP contribution in [0, 0.1) is 6.92 Å². The Morgan fingerprint density at radius 1 is 1.19 bits per heavy atom. The zero-order valence-corrected chi connectivity index (χ0v) is 12.2. The van der Waals surface area contributed by atoms with E-state index in [4.69, 9.17) is 0 Å². The molecule has 21 heavy (non-hydrogen) atoms. The molecule has 0 radical (unpaired) electrons. The first kappa shape index (κ1) is 13.4. The predicted molar refractivity (Wildman–Crippen MR) is 82.1 cm³/mol. The van der Waals surface area contributed by atoms with E-state index in [1.165, 1.54) is 9.08 Å². The van der Waals surface area contributed by atoms with E-state index in [0.29, 0.717) is 11.6 Å². The number of rotatable bonds is 3. The van der Waals surface area contributed by atoms with Gasteiger partial charge in [0.1, 0.15) is 5.82 Å². The molecule has 6 heteroatoms. The lowest BCUT2D eigenvalue weighted by Crippen LogP contribution is -2.23. The van der Waals surface area contributed by atoms with Gasteiger partial charge in [-0.05, 0) is 32.9 Å². The lowest BCUT2D eigenvalue weighted by Gasteiger charge is -2.06. The first-order valence-electron chi connectivity index (χ1n) is 6.87. The summed E-state index contributed by atoms with van der Waals surface area (Å²) in [5.74, 6) is 1.08. The van der Waals surface area contributed by atoms with Gasteiger partial charge in [-0.15, -0.1) is 5.10 Å². The van der Waals surface area contributed by atoms with Crippen LogP contribution in [0.2, 0.25) is 0 Å². The third-order valence-electron chi connectivity index (χ3n) is 3.24. The Balaban J connectivity index is 2.09. The largest absolute Gasteiger partial charge is 0.352 e. The second-order valence-corrected chi connectivity index (χ2v) is 5.23. The van der Waals surface area contributed by atoms with Gasteiger partial charge in [-0.1, -0.05) is 18.2 Å². The van der Waals surface area contributed by atoms with Gasteiger partial charge in [-0.25, -0.2) is 13.9 Å². The molecule has 1 N–H and O–H groups in total. The van der Waals surface area contributed by atoms with E-state index in [0.717, 1.165) is 11.4 Å². The standard InChI is InChI=1S/C15H17N5O/c1-10(2)20-15(21)19-11(3)9-13(17-14(19)18-20)16-12-7-5-4-6-8-12/h4-10H,1-3H3,(H,16,17,18). The molecule has 0 spiro atoms. The van der Waals surface area contributed by atoms with Gasteiger partial charge in [0.15, 0.2) is 0 Å². The highest BCUT2D eigenvalue weighted by atomic mass is 16.2. The molecule has 0 aliphatic carbocycles. The highest BCUT2D eigenvalue weighted by Gasteiger charge is 2.13. The average molecular weight is 283 g/mol. The van der Waals surface area contributed by atoms with E-state index >= 15 is 0 Å². The number of hydrogen-bond acceptors (Lipinski definition) is 4. The lowest BCUT2D eigenvalue weighted by atomic mass is 10.3. The third-order valence-corrected chi connectivity index (χ3v) is 3.24. The lowest BCUT2D eigenvalue weighted by molar-refractivity contribution is 0.513. The number of nitrogens with one attached hydrogen (secondary N) is 1. The molecular formula is C15H17N5O. The molecule has 3 rings (SSSR count). The maximum Gasteiger partial charge on any atom is 0.352 e. The Morgan fingerprint density at radius 3 is 2.57 bits per heavy atom. The summed E-state index contributed by atoms with van der Waals surface area (Å²) in [5, 5.41) is 7.51. The molecule has 0 atom stereocenters. The molecule has 0 unspecified atom stereocenters. The fourth-order valence-corrected chi connectivity index (χ4v) is 2.22. The molecule has 0 bridgehead atoms. The van der Waals surface area contributed by atoms with Crippen LogP contribution in [0.3, 0.4) is 0 Å². The summed E-state index contributed by atoms with van der Waals surface area (Å²) in [6.07, 6.45) is 0.